The molecule has 0 saturated carbocycles. The quantitative estimate of drug-likeness (QED) is 0.275. The van der Waals surface area contributed by atoms with Crippen LogP contribution < -0.4 is 10.6 Å². The van der Waals surface area contributed by atoms with Gasteiger partial charge < -0.3 is 10.6 Å². The van der Waals surface area contributed by atoms with E-state index in [1.54, 1.807) is 13.2 Å². The molecule has 0 radical (unpaired) electrons. The molecule has 0 spiro atoms. The maximum Gasteiger partial charge on any atom is 0.191 e. The first-order valence-corrected chi connectivity index (χ1v) is 9.25. The Labute approximate surface area is 165 Å². The summed E-state index contributed by atoms with van der Waals surface area (Å²) in [5.41, 5.74) is 2.26. The number of aliphatic imine (C=N–C) groups is 1. The number of rotatable bonds is 8. The van der Waals surface area contributed by atoms with Gasteiger partial charge in [0.05, 0.1) is 5.69 Å². The van der Waals surface area contributed by atoms with Crippen LogP contribution in [0.3, 0.4) is 0 Å². The molecule has 7 heteroatoms. The fraction of sp³-hybridized carbons (Fsp3) is 0.412. The minimum atomic E-state index is 0. The van der Waals surface area contributed by atoms with E-state index < -0.39 is 0 Å². The summed E-state index contributed by atoms with van der Waals surface area (Å²) >= 11 is 1.89. The molecule has 0 atom stereocenters. The van der Waals surface area contributed by atoms with Gasteiger partial charge in [-0.2, -0.15) is 16.9 Å². The van der Waals surface area contributed by atoms with Gasteiger partial charge in [-0.15, -0.1) is 24.0 Å². The zero-order chi connectivity index (χ0) is 16.3. The third-order valence-electron chi connectivity index (χ3n) is 3.43. The first-order valence-electron chi connectivity index (χ1n) is 7.86. The van der Waals surface area contributed by atoms with Crippen LogP contribution in [0, 0.1) is 0 Å². The second-order valence-electron chi connectivity index (χ2n) is 5.17. The van der Waals surface area contributed by atoms with Gasteiger partial charge >= 0.3 is 0 Å². The molecule has 2 aromatic rings. The van der Waals surface area contributed by atoms with Gasteiger partial charge in [0.25, 0.3) is 0 Å². The first kappa shape index (κ1) is 20.8. The Morgan fingerprint density at radius 2 is 2.12 bits per heavy atom. The minimum Gasteiger partial charge on any atom is -0.356 e. The van der Waals surface area contributed by atoms with E-state index >= 15 is 0 Å². The summed E-state index contributed by atoms with van der Waals surface area (Å²) in [6.07, 6.45) is 8.27. The molecule has 0 saturated heterocycles. The summed E-state index contributed by atoms with van der Waals surface area (Å²) in [7, 11) is 1.80. The molecule has 1 heterocycles. The number of hydrogen-bond donors (Lipinski definition) is 2. The van der Waals surface area contributed by atoms with Crippen LogP contribution in [0.4, 0.5) is 0 Å². The molecule has 0 aliphatic rings. The SMILES string of the molecule is CN=C(NCCCCSC)NCc1cccc(-n2cccn2)c1.I. The molecule has 0 fully saturated rings. The van der Waals surface area contributed by atoms with Crippen molar-refractivity contribution in [1.82, 2.24) is 20.4 Å². The lowest BCUT2D eigenvalue weighted by molar-refractivity contribution is 0.732. The third-order valence-corrected chi connectivity index (χ3v) is 4.13. The average Bonchev–Trinajstić information content (AvgIpc) is 3.12. The van der Waals surface area contributed by atoms with E-state index in [0.717, 1.165) is 31.2 Å². The van der Waals surface area contributed by atoms with Crippen LogP contribution in [0.1, 0.15) is 18.4 Å². The summed E-state index contributed by atoms with van der Waals surface area (Å²) in [6.45, 7) is 1.69. The van der Waals surface area contributed by atoms with E-state index in [2.05, 4.69) is 45.2 Å². The Balaban J connectivity index is 0.00000288. The predicted octanol–water partition coefficient (Wildman–Crippen LogP) is 3.30. The minimum absolute atomic E-state index is 0. The maximum atomic E-state index is 4.26. The third kappa shape index (κ3) is 7.12. The molecule has 24 heavy (non-hydrogen) atoms. The molecule has 0 amide bonds. The summed E-state index contributed by atoms with van der Waals surface area (Å²) in [4.78, 5) is 4.26. The number of nitrogens with one attached hydrogen (secondary N) is 2. The van der Waals surface area contributed by atoms with Crippen LogP contribution in [0.15, 0.2) is 47.7 Å². The van der Waals surface area contributed by atoms with Crippen molar-refractivity contribution >= 4 is 41.7 Å². The summed E-state index contributed by atoms with van der Waals surface area (Å²) in [5, 5.41) is 11.0. The lowest BCUT2D eigenvalue weighted by Gasteiger charge is -2.12. The van der Waals surface area contributed by atoms with Crippen LogP contribution in [0.5, 0.6) is 0 Å². The van der Waals surface area contributed by atoms with Gasteiger partial charge in [-0.05, 0) is 48.6 Å². The summed E-state index contributed by atoms with van der Waals surface area (Å²) in [6, 6.07) is 10.3. The molecule has 0 aliphatic carbocycles. The Morgan fingerprint density at radius 1 is 1.25 bits per heavy atom. The molecule has 1 aromatic heterocycles. The van der Waals surface area contributed by atoms with Crippen molar-refractivity contribution in [2.75, 3.05) is 25.6 Å². The largest absolute Gasteiger partial charge is 0.356 e. The second kappa shape index (κ2) is 12.2. The first-order chi connectivity index (χ1) is 11.3. The van der Waals surface area contributed by atoms with Gasteiger partial charge in [0.1, 0.15) is 0 Å². The summed E-state index contributed by atoms with van der Waals surface area (Å²) in [5.74, 6) is 2.06. The molecule has 0 aliphatic heterocycles. The van der Waals surface area contributed by atoms with Crippen LogP contribution in [-0.4, -0.2) is 41.3 Å². The van der Waals surface area contributed by atoms with Gasteiger partial charge in [-0.3, -0.25) is 4.99 Å². The molecule has 0 bridgehead atoms. The van der Waals surface area contributed by atoms with Crippen molar-refractivity contribution in [3.8, 4) is 5.69 Å². The zero-order valence-electron chi connectivity index (χ0n) is 14.2. The molecular formula is C17H26IN5S. The number of halogens is 1. The van der Waals surface area contributed by atoms with E-state index in [4.69, 9.17) is 0 Å². The van der Waals surface area contributed by atoms with Gasteiger partial charge in [-0.1, -0.05) is 12.1 Å². The van der Waals surface area contributed by atoms with E-state index in [-0.39, 0.29) is 24.0 Å². The van der Waals surface area contributed by atoms with Gasteiger partial charge in [0.2, 0.25) is 0 Å². The van der Waals surface area contributed by atoms with Crippen molar-refractivity contribution in [3.05, 3.63) is 48.3 Å². The fourth-order valence-corrected chi connectivity index (χ4v) is 2.71. The number of thioether (sulfide) groups is 1. The van der Waals surface area contributed by atoms with Crippen LogP contribution in [-0.2, 0) is 6.54 Å². The van der Waals surface area contributed by atoms with Gasteiger partial charge in [0.15, 0.2) is 5.96 Å². The molecule has 1 aromatic carbocycles. The van der Waals surface area contributed by atoms with Gasteiger partial charge in [-0.25, -0.2) is 4.68 Å². The molecule has 0 unspecified atom stereocenters. The lowest BCUT2D eigenvalue weighted by Crippen LogP contribution is -2.37. The smallest absolute Gasteiger partial charge is 0.191 e. The van der Waals surface area contributed by atoms with Crippen LogP contribution >= 0.6 is 35.7 Å². The number of guanidine groups is 1. The highest BCUT2D eigenvalue weighted by molar-refractivity contribution is 14.0. The van der Waals surface area contributed by atoms with Gasteiger partial charge in [0, 0.05) is 32.5 Å². The Hall–Kier alpha value is -1.22. The van der Waals surface area contributed by atoms with Crippen LogP contribution in [0.25, 0.3) is 5.69 Å². The number of nitrogens with zero attached hydrogens (tertiary/aromatic N) is 3. The average molecular weight is 459 g/mol. The normalized spacial score (nSPS) is 11.0. The lowest BCUT2D eigenvalue weighted by atomic mass is 10.2. The highest BCUT2D eigenvalue weighted by atomic mass is 127. The molecule has 2 N–H and O–H groups in total. The Morgan fingerprint density at radius 3 is 2.83 bits per heavy atom. The molecular weight excluding hydrogens is 433 g/mol. The van der Waals surface area contributed by atoms with E-state index in [1.807, 2.05) is 34.8 Å². The van der Waals surface area contributed by atoms with Crippen molar-refractivity contribution in [3.63, 3.8) is 0 Å². The number of hydrogen-bond acceptors (Lipinski definition) is 3. The fourth-order valence-electron chi connectivity index (χ4n) is 2.22. The monoisotopic (exact) mass is 459 g/mol. The topological polar surface area (TPSA) is 54.2 Å². The predicted molar refractivity (Wildman–Crippen MR) is 115 cm³/mol. The van der Waals surface area contributed by atoms with Crippen molar-refractivity contribution in [2.24, 2.45) is 4.99 Å². The molecule has 132 valence electrons. The Kier molecular flexibility index (Phi) is 10.6. The number of aromatic nitrogens is 2. The van der Waals surface area contributed by atoms with Crippen molar-refractivity contribution in [2.45, 2.75) is 19.4 Å². The second-order valence-corrected chi connectivity index (χ2v) is 6.16. The standard InChI is InChI=1S/C17H25N5S.HI/c1-18-17(19-9-3-4-12-23-2)20-14-15-7-5-8-16(13-15)22-11-6-10-21-22;/h5-8,10-11,13H,3-4,9,12,14H2,1-2H3,(H2,18,19,20);1H. The van der Waals surface area contributed by atoms with Crippen molar-refractivity contribution < 1.29 is 0 Å². The molecule has 2 rings (SSSR count). The van der Waals surface area contributed by atoms with Crippen molar-refractivity contribution in [1.29, 1.82) is 0 Å². The number of benzene rings is 1. The van der Waals surface area contributed by atoms with E-state index in [1.165, 1.54) is 17.7 Å². The van der Waals surface area contributed by atoms with E-state index in [0.29, 0.717) is 0 Å². The zero-order valence-corrected chi connectivity index (χ0v) is 17.4. The molecule has 5 nitrogen and oxygen atoms in total. The Bertz CT molecular complexity index is 601. The van der Waals surface area contributed by atoms with E-state index in [9.17, 15) is 0 Å². The number of unbranched alkanes of at least 4 members (excludes halogenated alkanes) is 1. The maximum absolute atomic E-state index is 4.26. The van der Waals surface area contributed by atoms with Crippen LogP contribution in [0.2, 0.25) is 0 Å². The highest BCUT2D eigenvalue weighted by Crippen LogP contribution is 2.09. The highest BCUT2D eigenvalue weighted by Gasteiger charge is 2.01. The summed E-state index contributed by atoms with van der Waals surface area (Å²) < 4.78 is 1.86.